The molecule has 0 spiro atoms. The summed E-state index contributed by atoms with van der Waals surface area (Å²) in [4.78, 5) is 18.7. The van der Waals surface area contributed by atoms with Crippen LogP contribution in [0.2, 0.25) is 0 Å². The van der Waals surface area contributed by atoms with Crippen LogP contribution >= 0.6 is 0 Å². The number of rotatable bonds is 8. The number of aliphatic carboxylic acids is 1. The van der Waals surface area contributed by atoms with Gasteiger partial charge in [-0.25, -0.2) is 4.98 Å². The number of anilines is 1. The summed E-state index contributed by atoms with van der Waals surface area (Å²) < 4.78 is 5.39. The van der Waals surface area contributed by atoms with Crippen LogP contribution in [0.1, 0.15) is 33.1 Å². The summed E-state index contributed by atoms with van der Waals surface area (Å²) in [6.45, 7) is 4.53. The molecule has 100 valence electrons. The van der Waals surface area contributed by atoms with Gasteiger partial charge in [0.1, 0.15) is 0 Å². The summed E-state index contributed by atoms with van der Waals surface area (Å²) in [5, 5.41) is 11.6. The zero-order chi connectivity index (χ0) is 13.4. The number of ether oxygens (including phenoxy) is 1. The van der Waals surface area contributed by atoms with Gasteiger partial charge in [0, 0.05) is 24.7 Å². The van der Waals surface area contributed by atoms with Gasteiger partial charge in [-0.3, -0.25) is 4.79 Å². The van der Waals surface area contributed by atoms with Gasteiger partial charge in [-0.15, -0.1) is 0 Å². The largest absolute Gasteiger partial charge is 0.481 e. The zero-order valence-corrected chi connectivity index (χ0v) is 10.7. The zero-order valence-electron chi connectivity index (χ0n) is 10.7. The molecule has 0 saturated heterocycles. The number of nitrogens with one attached hydrogen (secondary N) is 1. The van der Waals surface area contributed by atoms with Crippen molar-refractivity contribution in [1.29, 1.82) is 0 Å². The number of carbonyl (C=O) groups is 1. The molecule has 6 heteroatoms. The number of carboxylic acid groups (broad SMARTS) is 1. The summed E-state index contributed by atoms with van der Waals surface area (Å²) >= 11 is 0. The van der Waals surface area contributed by atoms with Crippen molar-refractivity contribution in [2.45, 2.75) is 39.2 Å². The van der Waals surface area contributed by atoms with Gasteiger partial charge in [-0.1, -0.05) is 6.92 Å². The summed E-state index contributed by atoms with van der Waals surface area (Å²) in [7, 11) is 0. The number of aromatic nitrogens is 2. The van der Waals surface area contributed by atoms with E-state index in [-0.39, 0.29) is 12.5 Å². The van der Waals surface area contributed by atoms with E-state index in [4.69, 9.17) is 9.84 Å². The van der Waals surface area contributed by atoms with Crippen molar-refractivity contribution < 1.29 is 14.6 Å². The van der Waals surface area contributed by atoms with Crippen LogP contribution in [-0.2, 0) is 4.79 Å². The molecular weight excluding hydrogens is 234 g/mol. The normalized spacial score (nSPS) is 11.9. The Balaban J connectivity index is 2.47. The minimum Gasteiger partial charge on any atom is -0.481 e. The SMILES string of the molecule is CCCOc1ccnc(NC(C)CCC(=O)O)n1. The predicted octanol–water partition coefficient (Wildman–Crippen LogP) is 1.93. The van der Waals surface area contributed by atoms with Crippen LogP contribution in [0.25, 0.3) is 0 Å². The Hall–Kier alpha value is -1.85. The van der Waals surface area contributed by atoms with Crippen molar-refractivity contribution in [3.05, 3.63) is 12.3 Å². The molecule has 2 N–H and O–H groups in total. The van der Waals surface area contributed by atoms with E-state index in [0.717, 1.165) is 6.42 Å². The van der Waals surface area contributed by atoms with Crippen LogP contribution in [0.5, 0.6) is 5.88 Å². The van der Waals surface area contributed by atoms with Gasteiger partial charge in [-0.05, 0) is 19.8 Å². The molecule has 0 aliphatic rings. The molecule has 0 aliphatic carbocycles. The van der Waals surface area contributed by atoms with Gasteiger partial charge in [0.15, 0.2) is 0 Å². The molecule has 0 radical (unpaired) electrons. The van der Waals surface area contributed by atoms with E-state index in [1.165, 1.54) is 0 Å². The maximum Gasteiger partial charge on any atom is 0.303 e. The molecule has 0 aromatic carbocycles. The van der Waals surface area contributed by atoms with Gasteiger partial charge in [0.05, 0.1) is 6.61 Å². The van der Waals surface area contributed by atoms with Gasteiger partial charge in [0.25, 0.3) is 0 Å². The van der Waals surface area contributed by atoms with Crippen LogP contribution in [0.15, 0.2) is 12.3 Å². The van der Waals surface area contributed by atoms with E-state index in [1.54, 1.807) is 12.3 Å². The molecule has 0 aliphatic heterocycles. The molecule has 1 unspecified atom stereocenters. The van der Waals surface area contributed by atoms with E-state index < -0.39 is 5.97 Å². The standard InChI is InChI=1S/C12H19N3O3/c1-3-8-18-10-6-7-13-12(15-10)14-9(2)4-5-11(16)17/h6-7,9H,3-5,8H2,1-2H3,(H,16,17)(H,13,14,15). The Morgan fingerprint density at radius 1 is 1.61 bits per heavy atom. The number of hydrogen-bond donors (Lipinski definition) is 2. The molecular formula is C12H19N3O3. The Labute approximate surface area is 106 Å². The van der Waals surface area contributed by atoms with E-state index in [1.807, 2.05) is 13.8 Å². The van der Waals surface area contributed by atoms with Crippen molar-refractivity contribution in [2.24, 2.45) is 0 Å². The molecule has 18 heavy (non-hydrogen) atoms. The molecule has 6 nitrogen and oxygen atoms in total. The third-order valence-corrected chi connectivity index (χ3v) is 2.25. The Bertz CT molecular complexity index is 385. The smallest absolute Gasteiger partial charge is 0.303 e. The van der Waals surface area contributed by atoms with Crippen molar-refractivity contribution in [2.75, 3.05) is 11.9 Å². The van der Waals surface area contributed by atoms with Crippen LogP contribution < -0.4 is 10.1 Å². The molecule has 0 saturated carbocycles. The maximum absolute atomic E-state index is 10.4. The Morgan fingerprint density at radius 3 is 3.06 bits per heavy atom. The Kier molecular flexibility index (Phi) is 5.90. The van der Waals surface area contributed by atoms with E-state index >= 15 is 0 Å². The second-order valence-electron chi connectivity index (χ2n) is 4.04. The van der Waals surface area contributed by atoms with E-state index in [2.05, 4.69) is 15.3 Å². The first-order valence-corrected chi connectivity index (χ1v) is 6.06. The highest BCUT2D eigenvalue weighted by molar-refractivity contribution is 5.66. The maximum atomic E-state index is 10.4. The second kappa shape index (κ2) is 7.47. The molecule has 0 bridgehead atoms. The minimum atomic E-state index is -0.801. The summed E-state index contributed by atoms with van der Waals surface area (Å²) in [6.07, 6.45) is 3.19. The van der Waals surface area contributed by atoms with Gasteiger partial charge in [0.2, 0.25) is 11.8 Å². The molecule has 0 amide bonds. The average molecular weight is 253 g/mol. The fraction of sp³-hybridized carbons (Fsp3) is 0.583. The third kappa shape index (κ3) is 5.47. The van der Waals surface area contributed by atoms with Gasteiger partial charge >= 0.3 is 5.97 Å². The van der Waals surface area contributed by atoms with Crippen LogP contribution in [-0.4, -0.2) is 33.7 Å². The van der Waals surface area contributed by atoms with Crippen LogP contribution in [0, 0.1) is 0 Å². The number of nitrogens with zero attached hydrogens (tertiary/aromatic N) is 2. The van der Waals surface area contributed by atoms with Gasteiger partial charge < -0.3 is 15.2 Å². The van der Waals surface area contributed by atoms with Crippen molar-refractivity contribution >= 4 is 11.9 Å². The first-order chi connectivity index (χ1) is 8.61. The first kappa shape index (κ1) is 14.2. The quantitative estimate of drug-likeness (QED) is 0.736. The second-order valence-corrected chi connectivity index (χ2v) is 4.04. The van der Waals surface area contributed by atoms with Crippen molar-refractivity contribution in [1.82, 2.24) is 9.97 Å². The number of hydrogen-bond acceptors (Lipinski definition) is 5. The molecule has 1 aromatic heterocycles. The summed E-state index contributed by atoms with van der Waals surface area (Å²) in [5.41, 5.74) is 0. The van der Waals surface area contributed by atoms with E-state index in [0.29, 0.717) is 24.9 Å². The lowest BCUT2D eigenvalue weighted by atomic mass is 10.2. The summed E-state index contributed by atoms with van der Waals surface area (Å²) in [6, 6.07) is 1.70. The molecule has 1 heterocycles. The highest BCUT2D eigenvalue weighted by atomic mass is 16.5. The highest BCUT2D eigenvalue weighted by Crippen LogP contribution is 2.10. The monoisotopic (exact) mass is 253 g/mol. The topological polar surface area (TPSA) is 84.3 Å². The molecule has 1 atom stereocenters. The average Bonchev–Trinajstić information content (AvgIpc) is 2.34. The lowest BCUT2D eigenvalue weighted by molar-refractivity contribution is -0.137. The van der Waals surface area contributed by atoms with Crippen molar-refractivity contribution in [3.8, 4) is 5.88 Å². The minimum absolute atomic E-state index is 0.00234. The van der Waals surface area contributed by atoms with Crippen molar-refractivity contribution in [3.63, 3.8) is 0 Å². The lowest BCUT2D eigenvalue weighted by Crippen LogP contribution is -2.18. The fourth-order valence-corrected chi connectivity index (χ4v) is 1.33. The molecule has 0 fully saturated rings. The third-order valence-electron chi connectivity index (χ3n) is 2.25. The van der Waals surface area contributed by atoms with Crippen LogP contribution in [0.4, 0.5) is 5.95 Å². The molecule has 1 aromatic rings. The highest BCUT2D eigenvalue weighted by Gasteiger charge is 2.07. The lowest BCUT2D eigenvalue weighted by Gasteiger charge is -2.13. The number of carboxylic acids is 1. The summed E-state index contributed by atoms with van der Waals surface area (Å²) in [5.74, 6) is 0.186. The van der Waals surface area contributed by atoms with E-state index in [9.17, 15) is 4.79 Å². The van der Waals surface area contributed by atoms with Gasteiger partial charge in [-0.2, -0.15) is 4.98 Å². The Morgan fingerprint density at radius 2 is 2.39 bits per heavy atom. The molecule has 1 rings (SSSR count). The predicted molar refractivity (Wildman–Crippen MR) is 67.8 cm³/mol. The first-order valence-electron chi connectivity index (χ1n) is 6.06. The fourth-order valence-electron chi connectivity index (χ4n) is 1.33. The van der Waals surface area contributed by atoms with Crippen LogP contribution in [0.3, 0.4) is 0 Å².